The number of benzene rings is 1. The number of hydrogen-bond donors (Lipinski definition) is 1. The molecular weight excluding hydrogens is 345 g/mol. The van der Waals surface area contributed by atoms with E-state index in [9.17, 15) is 18.0 Å². The van der Waals surface area contributed by atoms with Crippen molar-refractivity contribution in [3.63, 3.8) is 0 Å². The third-order valence-corrected chi connectivity index (χ3v) is 5.15. The van der Waals surface area contributed by atoms with E-state index in [4.69, 9.17) is 0 Å². The standard InChI is InChI=1S/C19H25F3N2O2/c1-2-11-24(13-7-9-23-10-8-13)18(25)16-12-15(16)14-5-3-4-6-17(14)26-19(20,21)22/h3-6,13,15-16,23H,2,7-12H2,1H3. The molecule has 1 aliphatic heterocycles. The summed E-state index contributed by atoms with van der Waals surface area (Å²) in [4.78, 5) is 15.0. The first kappa shape index (κ1) is 19.0. The molecule has 0 bridgehead atoms. The molecule has 1 aromatic carbocycles. The summed E-state index contributed by atoms with van der Waals surface area (Å²) in [5.74, 6) is -0.550. The molecule has 7 heteroatoms. The molecule has 4 nitrogen and oxygen atoms in total. The zero-order chi connectivity index (χ0) is 18.7. The van der Waals surface area contributed by atoms with Gasteiger partial charge in [-0.2, -0.15) is 0 Å². The number of rotatable bonds is 6. The fourth-order valence-corrected chi connectivity index (χ4v) is 3.86. The van der Waals surface area contributed by atoms with Crippen LogP contribution < -0.4 is 10.1 Å². The molecule has 2 unspecified atom stereocenters. The Labute approximate surface area is 151 Å². The van der Waals surface area contributed by atoms with E-state index < -0.39 is 6.36 Å². The number of halogens is 3. The van der Waals surface area contributed by atoms with Gasteiger partial charge in [0.05, 0.1) is 0 Å². The monoisotopic (exact) mass is 370 g/mol. The summed E-state index contributed by atoms with van der Waals surface area (Å²) in [5, 5.41) is 3.30. The number of carbonyl (C=O) groups excluding carboxylic acids is 1. The van der Waals surface area contributed by atoms with Crippen LogP contribution in [0.4, 0.5) is 13.2 Å². The molecule has 1 aromatic rings. The number of nitrogens with zero attached hydrogens (tertiary/aromatic N) is 1. The van der Waals surface area contributed by atoms with Crippen molar-refractivity contribution in [3.05, 3.63) is 29.8 Å². The summed E-state index contributed by atoms with van der Waals surface area (Å²) >= 11 is 0. The maximum Gasteiger partial charge on any atom is 0.573 e. The predicted octanol–water partition coefficient (Wildman–Crippen LogP) is 3.68. The second kappa shape index (κ2) is 7.86. The number of amides is 1. The molecule has 1 saturated heterocycles. The van der Waals surface area contributed by atoms with Crippen molar-refractivity contribution < 1.29 is 22.7 Å². The van der Waals surface area contributed by atoms with Gasteiger partial charge in [0.2, 0.25) is 5.91 Å². The number of para-hydroxylation sites is 1. The van der Waals surface area contributed by atoms with Crippen LogP contribution in [0.3, 0.4) is 0 Å². The number of nitrogens with one attached hydrogen (secondary N) is 1. The Hall–Kier alpha value is -1.76. The molecule has 1 amide bonds. The number of hydrogen-bond acceptors (Lipinski definition) is 3. The van der Waals surface area contributed by atoms with Crippen molar-refractivity contribution in [3.8, 4) is 5.75 Å². The summed E-state index contributed by atoms with van der Waals surface area (Å²) < 4.78 is 42.0. The Balaban J connectivity index is 1.71. The Morgan fingerprint density at radius 3 is 2.62 bits per heavy atom. The van der Waals surface area contributed by atoms with E-state index in [1.807, 2.05) is 11.8 Å². The Morgan fingerprint density at radius 1 is 1.27 bits per heavy atom. The SMILES string of the molecule is CCCN(C(=O)C1CC1c1ccccc1OC(F)(F)F)C1CCNCC1. The van der Waals surface area contributed by atoms with Crippen LogP contribution in [0.2, 0.25) is 0 Å². The van der Waals surface area contributed by atoms with Crippen LogP contribution in [0.5, 0.6) is 5.75 Å². The van der Waals surface area contributed by atoms with Crippen LogP contribution >= 0.6 is 0 Å². The van der Waals surface area contributed by atoms with Crippen molar-refractivity contribution in [1.82, 2.24) is 10.2 Å². The molecule has 1 N–H and O–H groups in total. The van der Waals surface area contributed by atoms with Gasteiger partial charge in [-0.15, -0.1) is 13.2 Å². The average Bonchev–Trinajstić information content (AvgIpc) is 3.39. The lowest BCUT2D eigenvalue weighted by Gasteiger charge is -2.35. The summed E-state index contributed by atoms with van der Waals surface area (Å²) in [6.07, 6.45) is -1.41. The zero-order valence-corrected chi connectivity index (χ0v) is 14.9. The maximum absolute atomic E-state index is 13.0. The fraction of sp³-hybridized carbons (Fsp3) is 0.632. The molecule has 3 rings (SSSR count). The van der Waals surface area contributed by atoms with Gasteiger partial charge >= 0.3 is 6.36 Å². The van der Waals surface area contributed by atoms with Gasteiger partial charge in [-0.1, -0.05) is 25.1 Å². The first-order chi connectivity index (χ1) is 12.4. The van der Waals surface area contributed by atoms with Crippen LogP contribution in [0, 0.1) is 5.92 Å². The molecule has 144 valence electrons. The normalized spacial score (nSPS) is 23.5. The zero-order valence-electron chi connectivity index (χ0n) is 14.9. The highest BCUT2D eigenvalue weighted by Crippen LogP contribution is 2.52. The quantitative estimate of drug-likeness (QED) is 0.831. The van der Waals surface area contributed by atoms with E-state index in [1.165, 1.54) is 12.1 Å². The van der Waals surface area contributed by atoms with Crippen molar-refractivity contribution in [1.29, 1.82) is 0 Å². The molecule has 2 fully saturated rings. The Kier molecular flexibility index (Phi) is 5.75. The van der Waals surface area contributed by atoms with Gasteiger partial charge in [-0.3, -0.25) is 4.79 Å². The van der Waals surface area contributed by atoms with Gasteiger partial charge in [0.25, 0.3) is 0 Å². The fourth-order valence-electron chi connectivity index (χ4n) is 3.86. The van der Waals surface area contributed by atoms with Crippen LogP contribution in [-0.4, -0.2) is 42.8 Å². The minimum Gasteiger partial charge on any atom is -0.405 e. The smallest absolute Gasteiger partial charge is 0.405 e. The van der Waals surface area contributed by atoms with E-state index in [0.29, 0.717) is 18.5 Å². The highest BCUT2D eigenvalue weighted by Gasteiger charge is 2.48. The van der Waals surface area contributed by atoms with Crippen molar-refractivity contribution in [2.75, 3.05) is 19.6 Å². The predicted molar refractivity (Wildman–Crippen MR) is 91.9 cm³/mol. The third-order valence-electron chi connectivity index (χ3n) is 5.15. The highest BCUT2D eigenvalue weighted by molar-refractivity contribution is 5.83. The van der Waals surface area contributed by atoms with Crippen LogP contribution in [0.1, 0.15) is 44.1 Å². The first-order valence-corrected chi connectivity index (χ1v) is 9.26. The maximum atomic E-state index is 13.0. The van der Waals surface area contributed by atoms with E-state index in [2.05, 4.69) is 10.1 Å². The topological polar surface area (TPSA) is 41.6 Å². The average molecular weight is 370 g/mol. The van der Waals surface area contributed by atoms with E-state index in [1.54, 1.807) is 12.1 Å². The molecule has 1 heterocycles. The minimum atomic E-state index is -4.73. The van der Waals surface area contributed by atoms with Gasteiger partial charge in [0.15, 0.2) is 0 Å². The van der Waals surface area contributed by atoms with E-state index >= 15 is 0 Å². The molecule has 2 atom stereocenters. The van der Waals surface area contributed by atoms with Gasteiger partial charge in [0.1, 0.15) is 5.75 Å². The molecule has 0 aromatic heterocycles. The summed E-state index contributed by atoms with van der Waals surface area (Å²) in [6.45, 7) is 4.54. The highest BCUT2D eigenvalue weighted by atomic mass is 19.4. The van der Waals surface area contributed by atoms with Gasteiger partial charge < -0.3 is 15.0 Å². The first-order valence-electron chi connectivity index (χ1n) is 9.26. The summed E-state index contributed by atoms with van der Waals surface area (Å²) in [5.41, 5.74) is 0.477. The van der Waals surface area contributed by atoms with Crippen molar-refractivity contribution in [2.45, 2.75) is 50.9 Å². The molecular formula is C19H25F3N2O2. The lowest BCUT2D eigenvalue weighted by molar-refractivity contribution is -0.274. The van der Waals surface area contributed by atoms with E-state index in [-0.39, 0.29) is 29.5 Å². The van der Waals surface area contributed by atoms with Gasteiger partial charge in [-0.05, 0) is 56.3 Å². The number of carbonyl (C=O) groups is 1. The third kappa shape index (κ3) is 4.50. The van der Waals surface area contributed by atoms with Crippen molar-refractivity contribution >= 4 is 5.91 Å². The molecule has 2 aliphatic rings. The van der Waals surface area contributed by atoms with Crippen molar-refractivity contribution in [2.24, 2.45) is 5.92 Å². The second-order valence-corrected chi connectivity index (χ2v) is 7.05. The number of alkyl halides is 3. The van der Waals surface area contributed by atoms with E-state index in [0.717, 1.165) is 32.4 Å². The summed E-state index contributed by atoms with van der Waals surface area (Å²) in [7, 11) is 0. The van der Waals surface area contributed by atoms with Crippen LogP contribution in [0.25, 0.3) is 0 Å². The number of ether oxygens (including phenoxy) is 1. The summed E-state index contributed by atoms with van der Waals surface area (Å²) in [6, 6.07) is 6.39. The van der Waals surface area contributed by atoms with Crippen LogP contribution in [-0.2, 0) is 4.79 Å². The van der Waals surface area contributed by atoms with Gasteiger partial charge in [-0.25, -0.2) is 0 Å². The molecule has 26 heavy (non-hydrogen) atoms. The lowest BCUT2D eigenvalue weighted by Crippen LogP contribution is -2.47. The van der Waals surface area contributed by atoms with Crippen LogP contribution in [0.15, 0.2) is 24.3 Å². The molecule has 0 spiro atoms. The largest absolute Gasteiger partial charge is 0.573 e. The Bertz CT molecular complexity index is 629. The molecule has 0 radical (unpaired) electrons. The lowest BCUT2D eigenvalue weighted by atomic mass is 10.0. The second-order valence-electron chi connectivity index (χ2n) is 7.05. The Morgan fingerprint density at radius 2 is 1.96 bits per heavy atom. The van der Waals surface area contributed by atoms with Gasteiger partial charge in [0, 0.05) is 18.5 Å². The number of piperidine rings is 1. The minimum absolute atomic E-state index is 0.0746. The molecule has 1 saturated carbocycles. The molecule has 1 aliphatic carbocycles.